The largest absolute Gasteiger partial charge is 0.379 e. The number of unbranched alkanes of at least 4 members (excludes halogenated alkanes) is 5. The highest BCUT2D eigenvalue weighted by Gasteiger charge is 2.33. The lowest BCUT2D eigenvalue weighted by Gasteiger charge is -2.44. The van der Waals surface area contributed by atoms with Crippen LogP contribution in [0.25, 0.3) is 0 Å². The van der Waals surface area contributed by atoms with Crippen LogP contribution < -0.4 is 5.73 Å². The Labute approximate surface area is 119 Å². The Bertz CT molecular complexity index is 225. The Morgan fingerprint density at radius 1 is 1.05 bits per heavy atom. The molecule has 114 valence electrons. The van der Waals surface area contributed by atoms with Crippen molar-refractivity contribution < 1.29 is 4.74 Å². The molecule has 1 aliphatic rings. The van der Waals surface area contributed by atoms with Gasteiger partial charge in [0.1, 0.15) is 0 Å². The van der Waals surface area contributed by atoms with Gasteiger partial charge in [0.05, 0.1) is 13.2 Å². The van der Waals surface area contributed by atoms with Crippen LogP contribution in [0.1, 0.15) is 65.7 Å². The van der Waals surface area contributed by atoms with E-state index in [1.165, 1.54) is 38.5 Å². The lowest BCUT2D eigenvalue weighted by Crippen LogP contribution is -2.59. The summed E-state index contributed by atoms with van der Waals surface area (Å²) in [4.78, 5) is 2.50. The van der Waals surface area contributed by atoms with Gasteiger partial charge in [-0.3, -0.25) is 4.90 Å². The van der Waals surface area contributed by atoms with E-state index < -0.39 is 0 Å². The number of ether oxygens (including phenoxy) is 1. The van der Waals surface area contributed by atoms with Crippen LogP contribution in [-0.2, 0) is 4.74 Å². The molecule has 0 spiro atoms. The van der Waals surface area contributed by atoms with E-state index in [-0.39, 0.29) is 11.6 Å². The number of nitrogens with zero attached hydrogens (tertiary/aromatic N) is 1. The second kappa shape index (κ2) is 8.93. The van der Waals surface area contributed by atoms with E-state index in [1.807, 2.05) is 0 Å². The molecule has 1 saturated heterocycles. The molecule has 1 rings (SSSR count). The Morgan fingerprint density at radius 3 is 2.26 bits per heavy atom. The highest BCUT2D eigenvalue weighted by atomic mass is 16.5. The first-order valence-corrected chi connectivity index (χ1v) is 8.17. The standard InChI is InChI=1S/C16H34N2O/c1-4-5-6-7-8-9-10-15(17)16(2,3)18-11-13-19-14-12-18/h15H,4-14,17H2,1-3H3. The summed E-state index contributed by atoms with van der Waals surface area (Å²) in [5, 5.41) is 0. The molecule has 19 heavy (non-hydrogen) atoms. The molecule has 0 aliphatic carbocycles. The summed E-state index contributed by atoms with van der Waals surface area (Å²) in [6, 6.07) is 0.275. The summed E-state index contributed by atoms with van der Waals surface area (Å²) in [5.41, 5.74) is 6.55. The van der Waals surface area contributed by atoms with Gasteiger partial charge in [0.25, 0.3) is 0 Å². The monoisotopic (exact) mass is 270 g/mol. The third-order valence-corrected chi connectivity index (χ3v) is 4.60. The summed E-state index contributed by atoms with van der Waals surface area (Å²) >= 11 is 0. The molecule has 0 radical (unpaired) electrons. The van der Waals surface area contributed by atoms with Crippen molar-refractivity contribution in [2.75, 3.05) is 26.3 Å². The predicted octanol–water partition coefficient (Wildman–Crippen LogP) is 3.18. The molecule has 0 aromatic heterocycles. The van der Waals surface area contributed by atoms with Crippen LogP contribution in [-0.4, -0.2) is 42.8 Å². The van der Waals surface area contributed by atoms with Crippen LogP contribution in [0, 0.1) is 0 Å². The van der Waals surface area contributed by atoms with Crippen LogP contribution in [0.3, 0.4) is 0 Å². The van der Waals surface area contributed by atoms with E-state index in [2.05, 4.69) is 25.7 Å². The van der Waals surface area contributed by atoms with Gasteiger partial charge in [0.15, 0.2) is 0 Å². The maximum atomic E-state index is 6.44. The molecule has 3 heteroatoms. The van der Waals surface area contributed by atoms with Crippen molar-refractivity contribution in [1.29, 1.82) is 0 Å². The first-order valence-electron chi connectivity index (χ1n) is 8.17. The van der Waals surface area contributed by atoms with E-state index in [0.717, 1.165) is 32.7 Å². The fourth-order valence-electron chi connectivity index (χ4n) is 2.87. The number of hydrogen-bond donors (Lipinski definition) is 1. The van der Waals surface area contributed by atoms with Crippen LogP contribution >= 0.6 is 0 Å². The first-order chi connectivity index (χ1) is 9.09. The average molecular weight is 270 g/mol. The minimum atomic E-state index is 0.104. The molecule has 1 aliphatic heterocycles. The highest BCUT2D eigenvalue weighted by Crippen LogP contribution is 2.23. The van der Waals surface area contributed by atoms with Crippen LogP contribution in [0.4, 0.5) is 0 Å². The van der Waals surface area contributed by atoms with Crippen molar-refractivity contribution in [1.82, 2.24) is 4.90 Å². The predicted molar refractivity (Wildman–Crippen MR) is 82.4 cm³/mol. The summed E-state index contributed by atoms with van der Waals surface area (Å²) in [6.45, 7) is 10.6. The van der Waals surface area contributed by atoms with Crippen molar-refractivity contribution in [3.63, 3.8) is 0 Å². The molecule has 0 amide bonds. The SMILES string of the molecule is CCCCCCCCC(N)C(C)(C)N1CCOCC1. The molecular weight excluding hydrogens is 236 g/mol. The molecule has 2 N–H and O–H groups in total. The lowest BCUT2D eigenvalue weighted by atomic mass is 9.88. The van der Waals surface area contributed by atoms with Gasteiger partial charge in [0.2, 0.25) is 0 Å². The normalized spacial score (nSPS) is 19.6. The van der Waals surface area contributed by atoms with E-state index in [4.69, 9.17) is 10.5 Å². The second-order valence-electron chi connectivity index (χ2n) is 6.42. The minimum Gasteiger partial charge on any atom is -0.379 e. The Kier molecular flexibility index (Phi) is 7.96. The topological polar surface area (TPSA) is 38.5 Å². The zero-order chi connectivity index (χ0) is 14.1. The van der Waals surface area contributed by atoms with Crippen molar-refractivity contribution in [3.8, 4) is 0 Å². The summed E-state index contributed by atoms with van der Waals surface area (Å²) < 4.78 is 5.43. The van der Waals surface area contributed by atoms with Crippen molar-refractivity contribution in [2.24, 2.45) is 5.73 Å². The van der Waals surface area contributed by atoms with Gasteiger partial charge in [-0.05, 0) is 20.3 Å². The number of rotatable bonds is 9. The minimum absolute atomic E-state index is 0.104. The second-order valence-corrected chi connectivity index (χ2v) is 6.42. The van der Waals surface area contributed by atoms with Crippen LogP contribution in [0.15, 0.2) is 0 Å². The van der Waals surface area contributed by atoms with Crippen molar-refractivity contribution in [2.45, 2.75) is 77.3 Å². The number of morpholine rings is 1. The van der Waals surface area contributed by atoms with Gasteiger partial charge in [-0.1, -0.05) is 45.4 Å². The van der Waals surface area contributed by atoms with Gasteiger partial charge in [0, 0.05) is 24.7 Å². The third kappa shape index (κ3) is 5.80. The van der Waals surface area contributed by atoms with E-state index >= 15 is 0 Å². The molecule has 3 nitrogen and oxygen atoms in total. The molecule has 1 atom stereocenters. The van der Waals surface area contributed by atoms with Crippen molar-refractivity contribution >= 4 is 0 Å². The van der Waals surface area contributed by atoms with Crippen LogP contribution in [0.5, 0.6) is 0 Å². The fraction of sp³-hybridized carbons (Fsp3) is 1.00. The molecular formula is C16H34N2O. The first kappa shape index (κ1) is 16.9. The molecule has 1 fully saturated rings. The van der Waals surface area contributed by atoms with E-state index in [1.54, 1.807) is 0 Å². The van der Waals surface area contributed by atoms with E-state index in [9.17, 15) is 0 Å². The van der Waals surface area contributed by atoms with Crippen molar-refractivity contribution in [3.05, 3.63) is 0 Å². The smallest absolute Gasteiger partial charge is 0.0594 e. The van der Waals surface area contributed by atoms with Gasteiger partial charge in [-0.25, -0.2) is 0 Å². The highest BCUT2D eigenvalue weighted by molar-refractivity contribution is 4.92. The quantitative estimate of drug-likeness (QED) is 0.654. The summed E-state index contributed by atoms with van der Waals surface area (Å²) in [5.74, 6) is 0. The molecule has 0 aromatic rings. The maximum absolute atomic E-state index is 6.44. The number of hydrogen-bond acceptors (Lipinski definition) is 3. The molecule has 0 bridgehead atoms. The maximum Gasteiger partial charge on any atom is 0.0594 e. The molecule has 0 aromatic carbocycles. The Morgan fingerprint density at radius 2 is 1.63 bits per heavy atom. The molecule has 1 heterocycles. The Hall–Kier alpha value is -0.120. The zero-order valence-electron chi connectivity index (χ0n) is 13.3. The van der Waals surface area contributed by atoms with E-state index in [0.29, 0.717) is 0 Å². The zero-order valence-corrected chi connectivity index (χ0v) is 13.3. The van der Waals surface area contributed by atoms with Crippen LogP contribution in [0.2, 0.25) is 0 Å². The van der Waals surface area contributed by atoms with Gasteiger partial charge >= 0.3 is 0 Å². The van der Waals surface area contributed by atoms with Gasteiger partial charge < -0.3 is 10.5 Å². The summed E-state index contributed by atoms with van der Waals surface area (Å²) in [7, 11) is 0. The lowest BCUT2D eigenvalue weighted by molar-refractivity contribution is -0.0197. The fourth-order valence-corrected chi connectivity index (χ4v) is 2.87. The van der Waals surface area contributed by atoms with Gasteiger partial charge in [-0.2, -0.15) is 0 Å². The average Bonchev–Trinajstić information content (AvgIpc) is 2.43. The molecule has 1 unspecified atom stereocenters. The summed E-state index contributed by atoms with van der Waals surface area (Å²) in [6.07, 6.45) is 9.23. The molecule has 0 saturated carbocycles. The number of nitrogens with two attached hydrogens (primary N) is 1. The Balaban J connectivity index is 2.20. The third-order valence-electron chi connectivity index (χ3n) is 4.60. The van der Waals surface area contributed by atoms with Gasteiger partial charge in [-0.15, -0.1) is 0 Å².